The van der Waals surface area contributed by atoms with Crippen LogP contribution < -0.4 is 4.90 Å². The van der Waals surface area contributed by atoms with Gasteiger partial charge in [0.25, 0.3) is 0 Å². The first-order valence-corrected chi connectivity index (χ1v) is 12.0. The second-order valence-corrected chi connectivity index (χ2v) is 8.97. The molecule has 8 heteroatoms. The number of urea groups is 1. The van der Waals surface area contributed by atoms with Crippen molar-refractivity contribution in [2.24, 2.45) is 0 Å². The van der Waals surface area contributed by atoms with Crippen LogP contribution in [0.1, 0.15) is 18.4 Å². The Bertz CT molecular complexity index is 1180. The van der Waals surface area contributed by atoms with Gasteiger partial charge in [0.05, 0.1) is 23.5 Å². The molecular formula is C28H27N3O5. The number of rotatable bonds is 5. The Morgan fingerprint density at radius 1 is 0.833 bits per heavy atom. The van der Waals surface area contributed by atoms with E-state index in [1.807, 2.05) is 91.0 Å². The van der Waals surface area contributed by atoms with Crippen molar-refractivity contribution >= 4 is 29.5 Å². The maximum Gasteiger partial charge on any atom is 0.410 e. The van der Waals surface area contributed by atoms with Crippen LogP contribution in [0, 0.1) is 0 Å². The number of carboxylic acid groups (broad SMARTS) is 1. The second-order valence-electron chi connectivity index (χ2n) is 8.97. The van der Waals surface area contributed by atoms with E-state index in [9.17, 15) is 19.5 Å². The minimum atomic E-state index is -1.18. The number of piperazine rings is 1. The van der Waals surface area contributed by atoms with Crippen LogP contribution in [0.5, 0.6) is 0 Å². The molecule has 1 N–H and O–H groups in total. The van der Waals surface area contributed by atoms with Crippen molar-refractivity contribution < 1.29 is 24.2 Å². The van der Waals surface area contributed by atoms with Crippen LogP contribution in [0.2, 0.25) is 0 Å². The van der Waals surface area contributed by atoms with Crippen LogP contribution in [0.4, 0.5) is 21.0 Å². The Kier molecular flexibility index (Phi) is 6.58. The minimum absolute atomic E-state index is 0.103. The highest BCUT2D eigenvalue weighted by Crippen LogP contribution is 2.37. The van der Waals surface area contributed by atoms with Gasteiger partial charge < -0.3 is 14.7 Å². The highest BCUT2D eigenvalue weighted by Gasteiger charge is 2.54. The zero-order valence-corrected chi connectivity index (χ0v) is 19.6. The third kappa shape index (κ3) is 4.49. The Morgan fingerprint density at radius 2 is 1.39 bits per heavy atom. The third-order valence-corrected chi connectivity index (χ3v) is 6.79. The summed E-state index contributed by atoms with van der Waals surface area (Å²) in [6, 6.07) is 25.0. The summed E-state index contributed by atoms with van der Waals surface area (Å²) in [5.74, 6) is -1.14. The van der Waals surface area contributed by atoms with E-state index in [4.69, 9.17) is 4.74 Å². The molecule has 0 radical (unpaired) electrons. The third-order valence-electron chi connectivity index (χ3n) is 6.79. The van der Waals surface area contributed by atoms with Gasteiger partial charge in [-0.1, -0.05) is 66.7 Å². The molecule has 3 amide bonds. The molecule has 8 nitrogen and oxygen atoms in total. The number of carbonyl (C=O) groups excluding carboxylic acids is 2. The smallest absolute Gasteiger partial charge is 0.410 e. The Hall–Kier alpha value is -4.33. The average molecular weight is 486 g/mol. The SMILES string of the molecule is O=C(O)[C@H]1[C@@H]2CC[C@H](CN1C(=O)N(c1ccccc1)c1ccccc1)N2C(=O)OCc1ccccc1. The molecule has 3 aromatic carbocycles. The molecule has 3 atom stereocenters. The van der Waals surface area contributed by atoms with E-state index in [1.54, 1.807) is 0 Å². The molecule has 2 fully saturated rings. The van der Waals surface area contributed by atoms with Gasteiger partial charge in [-0.15, -0.1) is 0 Å². The van der Waals surface area contributed by atoms with Gasteiger partial charge >= 0.3 is 18.1 Å². The Labute approximate surface area is 209 Å². The number of likely N-dealkylation sites (tertiary alicyclic amines) is 1. The number of amides is 3. The van der Waals surface area contributed by atoms with E-state index in [0.29, 0.717) is 24.2 Å². The molecule has 3 aromatic rings. The second kappa shape index (κ2) is 10.1. The number of ether oxygens (including phenoxy) is 1. The lowest BCUT2D eigenvalue weighted by molar-refractivity contribution is -0.146. The number of carbonyl (C=O) groups is 3. The molecule has 2 aliphatic rings. The Morgan fingerprint density at radius 3 is 1.94 bits per heavy atom. The predicted octanol–water partition coefficient (Wildman–Crippen LogP) is 4.88. The number of benzene rings is 3. The van der Waals surface area contributed by atoms with Crippen LogP contribution in [0.25, 0.3) is 0 Å². The molecule has 2 saturated heterocycles. The lowest BCUT2D eigenvalue weighted by Crippen LogP contribution is -2.66. The van der Waals surface area contributed by atoms with Crippen molar-refractivity contribution in [3.63, 3.8) is 0 Å². The van der Waals surface area contributed by atoms with E-state index in [1.165, 1.54) is 14.7 Å². The van der Waals surface area contributed by atoms with Crippen molar-refractivity contribution in [2.45, 2.75) is 37.6 Å². The molecule has 0 unspecified atom stereocenters. The van der Waals surface area contributed by atoms with Gasteiger partial charge in [-0.05, 0) is 42.7 Å². The molecule has 0 aliphatic carbocycles. The summed E-state index contributed by atoms with van der Waals surface area (Å²) in [5, 5.41) is 10.2. The summed E-state index contributed by atoms with van der Waals surface area (Å²) in [6.07, 6.45) is 0.547. The van der Waals surface area contributed by atoms with E-state index in [2.05, 4.69) is 0 Å². The fourth-order valence-electron chi connectivity index (χ4n) is 5.18. The van der Waals surface area contributed by atoms with Gasteiger partial charge in [-0.3, -0.25) is 9.80 Å². The number of carboxylic acids is 1. The molecule has 36 heavy (non-hydrogen) atoms. The number of para-hydroxylation sites is 2. The van der Waals surface area contributed by atoms with Gasteiger partial charge in [0.1, 0.15) is 6.61 Å². The van der Waals surface area contributed by atoms with Crippen LogP contribution in [0.15, 0.2) is 91.0 Å². The predicted molar refractivity (Wildman–Crippen MR) is 134 cm³/mol. The zero-order chi connectivity index (χ0) is 25.1. The molecule has 2 aliphatic heterocycles. The average Bonchev–Trinajstić information content (AvgIpc) is 3.21. The summed E-state index contributed by atoms with van der Waals surface area (Å²) < 4.78 is 5.54. The van der Waals surface area contributed by atoms with E-state index < -0.39 is 30.2 Å². The maximum atomic E-state index is 14.0. The van der Waals surface area contributed by atoms with Gasteiger partial charge in [-0.2, -0.15) is 0 Å². The summed E-state index contributed by atoms with van der Waals surface area (Å²) in [7, 11) is 0. The molecular weight excluding hydrogens is 458 g/mol. The first-order chi connectivity index (χ1) is 17.5. The highest BCUT2D eigenvalue weighted by molar-refractivity contribution is 6.01. The first-order valence-electron chi connectivity index (χ1n) is 12.0. The summed E-state index contributed by atoms with van der Waals surface area (Å²) in [5.41, 5.74) is 2.12. The molecule has 5 rings (SSSR count). The number of hydrogen-bond donors (Lipinski definition) is 1. The van der Waals surface area contributed by atoms with Gasteiger partial charge in [0, 0.05) is 6.54 Å². The van der Waals surface area contributed by atoms with Crippen molar-refractivity contribution in [3.05, 3.63) is 96.6 Å². The molecule has 2 heterocycles. The van der Waals surface area contributed by atoms with Crippen LogP contribution in [-0.2, 0) is 16.1 Å². The largest absolute Gasteiger partial charge is 0.480 e. The van der Waals surface area contributed by atoms with Crippen LogP contribution in [0.3, 0.4) is 0 Å². The summed E-state index contributed by atoms with van der Waals surface area (Å²) in [4.78, 5) is 44.0. The van der Waals surface area contributed by atoms with E-state index >= 15 is 0 Å². The van der Waals surface area contributed by atoms with Crippen LogP contribution in [-0.4, -0.2) is 57.7 Å². The van der Waals surface area contributed by atoms with E-state index in [0.717, 1.165) is 5.56 Å². The standard InChI is InChI=1S/C28H27N3O5/c32-26(33)25-24-17-16-23(31(24)28(35)36-19-20-10-4-1-5-11-20)18-29(25)27(34)30(21-12-6-2-7-13-21)22-14-8-3-9-15-22/h1-15,23-25H,16-19H2,(H,32,33)/t23-,24+,25-/m1/s1. The highest BCUT2D eigenvalue weighted by atomic mass is 16.6. The number of nitrogens with zero attached hydrogens (tertiary/aromatic N) is 3. The quantitative estimate of drug-likeness (QED) is 0.556. The number of fused-ring (bicyclic) bond motifs is 2. The lowest BCUT2D eigenvalue weighted by Gasteiger charge is -2.45. The molecule has 184 valence electrons. The molecule has 0 saturated carbocycles. The molecule has 0 spiro atoms. The lowest BCUT2D eigenvalue weighted by atomic mass is 10.0. The maximum absolute atomic E-state index is 14.0. The van der Waals surface area contributed by atoms with Gasteiger partial charge in [0.15, 0.2) is 6.04 Å². The van der Waals surface area contributed by atoms with Crippen molar-refractivity contribution in [3.8, 4) is 0 Å². The monoisotopic (exact) mass is 485 g/mol. The fraction of sp³-hybridized carbons (Fsp3) is 0.250. The van der Waals surface area contributed by atoms with Crippen molar-refractivity contribution in [1.29, 1.82) is 0 Å². The number of hydrogen-bond acceptors (Lipinski definition) is 4. The summed E-state index contributed by atoms with van der Waals surface area (Å²) in [6.45, 7) is 0.217. The first kappa shape index (κ1) is 23.4. The zero-order valence-electron chi connectivity index (χ0n) is 19.6. The van der Waals surface area contributed by atoms with Gasteiger partial charge in [0.2, 0.25) is 0 Å². The molecule has 2 bridgehead atoms. The normalized spacial score (nSPS) is 20.6. The topological polar surface area (TPSA) is 90.4 Å². The summed E-state index contributed by atoms with van der Waals surface area (Å²) >= 11 is 0. The number of aliphatic carboxylic acids is 1. The fourth-order valence-corrected chi connectivity index (χ4v) is 5.18. The van der Waals surface area contributed by atoms with Crippen LogP contribution >= 0.6 is 0 Å². The minimum Gasteiger partial charge on any atom is -0.480 e. The number of anilines is 2. The van der Waals surface area contributed by atoms with E-state index in [-0.39, 0.29) is 19.2 Å². The Balaban J connectivity index is 1.41. The molecule has 0 aromatic heterocycles. The van der Waals surface area contributed by atoms with Crippen molar-refractivity contribution in [2.75, 3.05) is 11.4 Å². The van der Waals surface area contributed by atoms with Gasteiger partial charge in [-0.25, -0.2) is 14.4 Å². The van der Waals surface area contributed by atoms with Crippen molar-refractivity contribution in [1.82, 2.24) is 9.80 Å².